The van der Waals surface area contributed by atoms with Crippen LogP contribution in [0.2, 0.25) is 0 Å². The monoisotopic (exact) mass is 346 g/mol. The fourth-order valence-corrected chi connectivity index (χ4v) is 3.76. The third-order valence-electron chi connectivity index (χ3n) is 2.19. The molecule has 0 saturated heterocycles. The second-order valence-electron chi connectivity index (χ2n) is 3.65. The Morgan fingerprint density at radius 2 is 2.22 bits per heavy atom. The Morgan fingerprint density at radius 3 is 2.83 bits per heavy atom. The van der Waals surface area contributed by atoms with Gasteiger partial charge in [0, 0.05) is 15.5 Å². The molecule has 2 aromatic rings. The minimum atomic E-state index is -3.49. The number of rotatable bonds is 4. The average Bonchev–Trinajstić information content (AvgIpc) is 2.73. The normalized spacial score (nSPS) is 11.7. The number of aromatic nitrogens is 1. The van der Waals surface area contributed by atoms with Crippen molar-refractivity contribution in [1.29, 1.82) is 0 Å². The third-order valence-corrected chi connectivity index (χ3v) is 4.99. The second kappa shape index (κ2) is 5.48. The molecule has 0 saturated carbocycles. The Bertz CT molecular complexity index is 653. The van der Waals surface area contributed by atoms with Crippen LogP contribution in [-0.4, -0.2) is 13.4 Å². The van der Waals surface area contributed by atoms with Crippen LogP contribution in [0.4, 0.5) is 0 Å². The molecule has 2 rings (SSSR count). The van der Waals surface area contributed by atoms with E-state index in [1.165, 1.54) is 11.3 Å². The van der Waals surface area contributed by atoms with Crippen LogP contribution in [0.3, 0.4) is 0 Å². The van der Waals surface area contributed by atoms with Gasteiger partial charge in [-0.1, -0.05) is 22.0 Å². The number of nitrogens with one attached hydrogen (secondary N) is 1. The van der Waals surface area contributed by atoms with Gasteiger partial charge in [0.25, 0.3) is 0 Å². The molecule has 0 aliphatic carbocycles. The maximum atomic E-state index is 12.0. The van der Waals surface area contributed by atoms with E-state index in [-0.39, 0.29) is 11.4 Å². The molecular formula is C11H11BrN2O2S2. The molecule has 0 radical (unpaired) electrons. The van der Waals surface area contributed by atoms with Crippen LogP contribution in [0.15, 0.2) is 39.8 Å². The van der Waals surface area contributed by atoms with Gasteiger partial charge in [0.2, 0.25) is 10.0 Å². The predicted molar refractivity (Wildman–Crippen MR) is 75.0 cm³/mol. The highest BCUT2D eigenvalue weighted by molar-refractivity contribution is 9.10. The number of hydrogen-bond donors (Lipinski definition) is 1. The van der Waals surface area contributed by atoms with Crippen molar-refractivity contribution in [2.24, 2.45) is 0 Å². The Balaban J connectivity index is 2.13. The van der Waals surface area contributed by atoms with Crippen LogP contribution >= 0.6 is 27.3 Å². The summed E-state index contributed by atoms with van der Waals surface area (Å²) in [6, 6.07) is 6.59. The lowest BCUT2D eigenvalue weighted by atomic mass is 10.4. The summed E-state index contributed by atoms with van der Waals surface area (Å²) < 4.78 is 27.3. The van der Waals surface area contributed by atoms with Gasteiger partial charge in [-0.05, 0) is 25.1 Å². The predicted octanol–water partition coefficient (Wildman–Crippen LogP) is 2.69. The van der Waals surface area contributed by atoms with E-state index in [0.29, 0.717) is 0 Å². The number of sulfonamides is 1. The molecule has 0 amide bonds. The van der Waals surface area contributed by atoms with E-state index < -0.39 is 10.0 Å². The van der Waals surface area contributed by atoms with E-state index in [1.807, 2.05) is 6.92 Å². The number of aryl methyl sites for hydroxylation is 1. The van der Waals surface area contributed by atoms with E-state index >= 15 is 0 Å². The molecule has 0 fully saturated rings. The second-order valence-corrected chi connectivity index (χ2v) is 7.65. The maximum Gasteiger partial charge on any atom is 0.240 e. The molecule has 4 nitrogen and oxygen atoms in total. The lowest BCUT2D eigenvalue weighted by Crippen LogP contribution is -2.23. The molecule has 7 heteroatoms. The molecule has 96 valence electrons. The van der Waals surface area contributed by atoms with E-state index in [4.69, 9.17) is 0 Å². The van der Waals surface area contributed by atoms with Crippen LogP contribution in [0.25, 0.3) is 0 Å². The first kappa shape index (κ1) is 13.7. The number of thiazole rings is 1. The van der Waals surface area contributed by atoms with Crippen molar-refractivity contribution in [3.8, 4) is 0 Å². The fraction of sp³-hybridized carbons (Fsp3) is 0.182. The van der Waals surface area contributed by atoms with Crippen LogP contribution in [0.5, 0.6) is 0 Å². The van der Waals surface area contributed by atoms with E-state index in [0.717, 1.165) is 14.4 Å². The highest BCUT2D eigenvalue weighted by atomic mass is 79.9. The summed E-state index contributed by atoms with van der Waals surface area (Å²) in [4.78, 5) is 5.41. The highest BCUT2D eigenvalue weighted by Crippen LogP contribution is 2.17. The maximum absolute atomic E-state index is 12.0. The lowest BCUT2D eigenvalue weighted by molar-refractivity contribution is 0.581. The third kappa shape index (κ3) is 3.38. The summed E-state index contributed by atoms with van der Waals surface area (Å²) in [6.45, 7) is 2.15. The Morgan fingerprint density at radius 1 is 1.44 bits per heavy atom. The molecule has 1 aromatic heterocycles. The zero-order valence-corrected chi connectivity index (χ0v) is 12.8. The Kier molecular flexibility index (Phi) is 4.16. The largest absolute Gasteiger partial charge is 0.248 e. The Labute approximate surface area is 118 Å². The first-order valence-corrected chi connectivity index (χ1v) is 8.23. The van der Waals surface area contributed by atoms with Crippen molar-refractivity contribution in [3.05, 3.63) is 44.8 Å². The summed E-state index contributed by atoms with van der Waals surface area (Å²) in [5.74, 6) is 0. The molecule has 1 N–H and O–H groups in total. The van der Waals surface area contributed by atoms with Gasteiger partial charge >= 0.3 is 0 Å². The molecule has 0 aliphatic rings. The SMILES string of the molecule is Cc1cnc(CNS(=O)(=O)c2cccc(Br)c2)s1. The highest BCUT2D eigenvalue weighted by Gasteiger charge is 2.14. The first-order chi connectivity index (χ1) is 8.47. The quantitative estimate of drug-likeness (QED) is 0.925. The van der Waals surface area contributed by atoms with Crippen molar-refractivity contribution < 1.29 is 8.42 Å². The van der Waals surface area contributed by atoms with Crippen molar-refractivity contribution in [3.63, 3.8) is 0 Å². The van der Waals surface area contributed by atoms with E-state index in [2.05, 4.69) is 25.6 Å². The van der Waals surface area contributed by atoms with Gasteiger partial charge in [-0.2, -0.15) is 0 Å². The van der Waals surface area contributed by atoms with Gasteiger partial charge in [0.15, 0.2) is 0 Å². The molecular weight excluding hydrogens is 336 g/mol. The van der Waals surface area contributed by atoms with E-state index in [1.54, 1.807) is 30.5 Å². The van der Waals surface area contributed by atoms with Gasteiger partial charge in [0.05, 0.1) is 11.4 Å². The van der Waals surface area contributed by atoms with E-state index in [9.17, 15) is 8.42 Å². The minimum absolute atomic E-state index is 0.216. The number of benzene rings is 1. The summed E-state index contributed by atoms with van der Waals surface area (Å²) >= 11 is 4.73. The molecule has 0 bridgehead atoms. The zero-order chi connectivity index (χ0) is 13.2. The van der Waals surface area contributed by atoms with Crippen molar-refractivity contribution >= 4 is 37.3 Å². The lowest BCUT2D eigenvalue weighted by Gasteiger charge is -2.05. The van der Waals surface area contributed by atoms with Gasteiger partial charge in [0.1, 0.15) is 5.01 Å². The number of halogens is 1. The van der Waals surface area contributed by atoms with Crippen LogP contribution < -0.4 is 4.72 Å². The molecule has 18 heavy (non-hydrogen) atoms. The molecule has 1 heterocycles. The average molecular weight is 347 g/mol. The van der Waals surface area contributed by atoms with Crippen molar-refractivity contribution in [1.82, 2.24) is 9.71 Å². The fourth-order valence-electron chi connectivity index (χ4n) is 1.36. The topological polar surface area (TPSA) is 59.1 Å². The molecule has 0 spiro atoms. The van der Waals surface area contributed by atoms with Crippen molar-refractivity contribution in [2.45, 2.75) is 18.4 Å². The molecule has 0 unspecified atom stereocenters. The number of hydrogen-bond acceptors (Lipinski definition) is 4. The smallest absolute Gasteiger partial charge is 0.240 e. The molecule has 0 atom stereocenters. The van der Waals surface area contributed by atoms with Gasteiger partial charge in [-0.25, -0.2) is 18.1 Å². The van der Waals surface area contributed by atoms with Gasteiger partial charge < -0.3 is 0 Å². The standard InChI is InChI=1S/C11H11BrN2O2S2/c1-8-6-13-11(17-8)7-14-18(15,16)10-4-2-3-9(12)5-10/h2-6,14H,7H2,1H3. The summed E-state index contributed by atoms with van der Waals surface area (Å²) in [6.07, 6.45) is 1.73. The summed E-state index contributed by atoms with van der Waals surface area (Å²) in [5, 5.41) is 0.756. The van der Waals surface area contributed by atoms with Crippen LogP contribution in [0.1, 0.15) is 9.88 Å². The minimum Gasteiger partial charge on any atom is -0.248 e. The Hall–Kier alpha value is -0.760. The van der Waals surface area contributed by atoms with Crippen LogP contribution in [-0.2, 0) is 16.6 Å². The zero-order valence-electron chi connectivity index (χ0n) is 9.55. The van der Waals surface area contributed by atoms with Gasteiger partial charge in [-0.3, -0.25) is 0 Å². The number of nitrogens with zero attached hydrogens (tertiary/aromatic N) is 1. The van der Waals surface area contributed by atoms with Crippen molar-refractivity contribution in [2.75, 3.05) is 0 Å². The summed E-state index contributed by atoms with van der Waals surface area (Å²) in [5.41, 5.74) is 0. The summed E-state index contributed by atoms with van der Waals surface area (Å²) in [7, 11) is -3.49. The van der Waals surface area contributed by atoms with Crippen LogP contribution in [0, 0.1) is 6.92 Å². The molecule has 1 aromatic carbocycles. The van der Waals surface area contributed by atoms with Gasteiger partial charge in [-0.15, -0.1) is 11.3 Å². The molecule has 0 aliphatic heterocycles. The first-order valence-electron chi connectivity index (χ1n) is 5.14.